The van der Waals surface area contributed by atoms with Gasteiger partial charge in [0.05, 0.1) is 25.4 Å². The molecule has 0 bridgehead atoms. The minimum Gasteiger partial charge on any atom is -0.394 e. The molecular formula is C44H83NO8. The van der Waals surface area contributed by atoms with Gasteiger partial charge in [0, 0.05) is 6.42 Å². The highest BCUT2D eigenvalue weighted by Crippen LogP contribution is 2.23. The number of aliphatic hydroxyl groups is 5. The third-order valence-corrected chi connectivity index (χ3v) is 10.6. The van der Waals surface area contributed by atoms with Crippen molar-refractivity contribution in [3.63, 3.8) is 0 Å². The van der Waals surface area contributed by atoms with Gasteiger partial charge in [-0.2, -0.15) is 0 Å². The van der Waals surface area contributed by atoms with Crippen LogP contribution in [-0.2, 0) is 14.3 Å². The highest BCUT2D eigenvalue weighted by atomic mass is 16.7. The zero-order valence-electron chi connectivity index (χ0n) is 34.0. The summed E-state index contributed by atoms with van der Waals surface area (Å²) in [5.74, 6) is -0.151. The Balaban J connectivity index is 2.32. The zero-order valence-corrected chi connectivity index (χ0v) is 34.0. The molecule has 1 fully saturated rings. The van der Waals surface area contributed by atoms with Crippen LogP contribution in [0.15, 0.2) is 24.3 Å². The number of ether oxygens (including phenoxy) is 2. The van der Waals surface area contributed by atoms with E-state index in [-0.39, 0.29) is 12.5 Å². The maximum atomic E-state index is 12.9. The smallest absolute Gasteiger partial charge is 0.220 e. The summed E-state index contributed by atoms with van der Waals surface area (Å²) in [5.41, 5.74) is 0. The van der Waals surface area contributed by atoms with Crippen molar-refractivity contribution in [3.05, 3.63) is 24.3 Å². The third kappa shape index (κ3) is 26.2. The summed E-state index contributed by atoms with van der Waals surface area (Å²) < 4.78 is 11.2. The van der Waals surface area contributed by atoms with Crippen LogP contribution in [0.5, 0.6) is 0 Å². The SMILES string of the molecule is CCCCC/C=C\C/C=C\CCCCCCCCCCCC(=O)NC(COC1OC(CO)C(O)C(O)C1O)C(O)CCCCCCCCCCCCC. The molecule has 0 saturated carbocycles. The van der Waals surface area contributed by atoms with Gasteiger partial charge in [0.2, 0.25) is 5.91 Å². The van der Waals surface area contributed by atoms with Crippen molar-refractivity contribution in [2.45, 2.75) is 236 Å². The average molecular weight is 754 g/mol. The summed E-state index contributed by atoms with van der Waals surface area (Å²) in [4.78, 5) is 12.9. The number of nitrogens with one attached hydrogen (secondary N) is 1. The Hall–Kier alpha value is -1.33. The summed E-state index contributed by atoms with van der Waals surface area (Å²) in [6.45, 7) is 3.79. The first kappa shape index (κ1) is 49.7. The Morgan fingerprint density at radius 2 is 1.11 bits per heavy atom. The fraction of sp³-hybridized carbons (Fsp3) is 0.886. The predicted octanol–water partition coefficient (Wildman–Crippen LogP) is 8.72. The van der Waals surface area contributed by atoms with Gasteiger partial charge in [-0.25, -0.2) is 0 Å². The average Bonchev–Trinajstić information content (AvgIpc) is 3.16. The molecule has 1 aliphatic heterocycles. The van der Waals surface area contributed by atoms with E-state index in [0.717, 1.165) is 44.9 Å². The van der Waals surface area contributed by atoms with Crippen LogP contribution < -0.4 is 5.32 Å². The lowest BCUT2D eigenvalue weighted by Gasteiger charge is -2.40. The first-order valence-corrected chi connectivity index (χ1v) is 22.0. The Morgan fingerprint density at radius 1 is 0.642 bits per heavy atom. The molecule has 0 aromatic rings. The molecule has 7 atom stereocenters. The van der Waals surface area contributed by atoms with Gasteiger partial charge in [-0.05, 0) is 44.9 Å². The second kappa shape index (κ2) is 35.1. The largest absolute Gasteiger partial charge is 0.394 e. The molecule has 0 aromatic carbocycles. The Labute approximate surface area is 324 Å². The lowest BCUT2D eigenvalue weighted by molar-refractivity contribution is -0.302. The lowest BCUT2D eigenvalue weighted by atomic mass is 9.99. The Bertz CT molecular complexity index is 883. The Kier molecular flexibility index (Phi) is 32.9. The van der Waals surface area contributed by atoms with Crippen molar-refractivity contribution in [3.8, 4) is 0 Å². The molecule has 1 rings (SSSR count). The fourth-order valence-corrected chi connectivity index (χ4v) is 6.95. The molecule has 1 heterocycles. The molecule has 0 radical (unpaired) electrons. The summed E-state index contributed by atoms with van der Waals surface area (Å²) in [7, 11) is 0. The number of carbonyl (C=O) groups excluding carboxylic acids is 1. The number of aliphatic hydroxyl groups excluding tert-OH is 5. The van der Waals surface area contributed by atoms with E-state index in [1.165, 1.54) is 122 Å². The number of hydrogen-bond acceptors (Lipinski definition) is 8. The van der Waals surface area contributed by atoms with Gasteiger partial charge in [-0.3, -0.25) is 4.79 Å². The highest BCUT2D eigenvalue weighted by Gasteiger charge is 2.44. The van der Waals surface area contributed by atoms with Crippen LogP contribution in [0.1, 0.15) is 194 Å². The molecule has 312 valence electrons. The molecule has 0 aromatic heterocycles. The van der Waals surface area contributed by atoms with Gasteiger partial charge in [0.25, 0.3) is 0 Å². The lowest BCUT2D eigenvalue weighted by Crippen LogP contribution is -2.60. The standard InChI is InChI=1S/C44H83NO8/c1-3-5-7-9-11-13-15-16-17-18-19-20-21-22-24-26-28-30-32-34-40(48)45-37(36-52-44-43(51)42(50)41(49)39(35-46)53-44)38(47)33-31-29-27-25-23-14-12-10-8-6-4-2/h11,13,16-17,37-39,41-44,46-47,49-51H,3-10,12,14-15,18-36H2,1-2H3,(H,45,48)/b13-11-,17-16-. The van der Waals surface area contributed by atoms with Crippen LogP contribution in [0.4, 0.5) is 0 Å². The summed E-state index contributed by atoms with van der Waals surface area (Å²) >= 11 is 0. The molecule has 0 aliphatic carbocycles. The van der Waals surface area contributed by atoms with E-state index in [1.807, 2.05) is 0 Å². The third-order valence-electron chi connectivity index (χ3n) is 10.6. The van der Waals surface area contributed by atoms with E-state index in [1.54, 1.807) is 0 Å². The normalized spacial score (nSPS) is 21.8. The molecule has 53 heavy (non-hydrogen) atoms. The maximum Gasteiger partial charge on any atom is 0.220 e. The molecule has 9 nitrogen and oxygen atoms in total. The Morgan fingerprint density at radius 3 is 1.66 bits per heavy atom. The molecule has 6 N–H and O–H groups in total. The van der Waals surface area contributed by atoms with Gasteiger partial charge in [-0.1, -0.05) is 167 Å². The van der Waals surface area contributed by atoms with Crippen molar-refractivity contribution in [1.82, 2.24) is 5.32 Å². The van der Waals surface area contributed by atoms with Gasteiger partial charge >= 0.3 is 0 Å². The summed E-state index contributed by atoms with van der Waals surface area (Å²) in [6, 6.07) is -0.717. The summed E-state index contributed by atoms with van der Waals surface area (Å²) in [5, 5.41) is 54.2. The van der Waals surface area contributed by atoms with Crippen LogP contribution in [0.3, 0.4) is 0 Å². The molecule has 7 unspecified atom stereocenters. The highest BCUT2D eigenvalue weighted by molar-refractivity contribution is 5.76. The molecule has 9 heteroatoms. The van der Waals surface area contributed by atoms with Crippen molar-refractivity contribution in [2.24, 2.45) is 0 Å². The van der Waals surface area contributed by atoms with E-state index in [4.69, 9.17) is 9.47 Å². The first-order chi connectivity index (χ1) is 25.8. The van der Waals surface area contributed by atoms with Crippen LogP contribution in [0, 0.1) is 0 Å². The van der Waals surface area contributed by atoms with E-state index in [0.29, 0.717) is 12.8 Å². The van der Waals surface area contributed by atoms with E-state index >= 15 is 0 Å². The van der Waals surface area contributed by atoms with Gasteiger partial charge in [0.15, 0.2) is 6.29 Å². The quantitative estimate of drug-likeness (QED) is 0.0275. The molecule has 1 aliphatic rings. The number of hydrogen-bond donors (Lipinski definition) is 6. The van der Waals surface area contributed by atoms with Crippen LogP contribution in [-0.4, -0.2) is 87.5 Å². The van der Waals surface area contributed by atoms with Crippen molar-refractivity contribution in [1.29, 1.82) is 0 Å². The van der Waals surface area contributed by atoms with Gasteiger partial charge < -0.3 is 40.3 Å². The second-order valence-electron chi connectivity index (χ2n) is 15.5. The number of allylic oxidation sites excluding steroid dienone is 4. The molecular weight excluding hydrogens is 670 g/mol. The van der Waals surface area contributed by atoms with Crippen molar-refractivity contribution in [2.75, 3.05) is 13.2 Å². The topological polar surface area (TPSA) is 149 Å². The first-order valence-electron chi connectivity index (χ1n) is 22.0. The number of amides is 1. The predicted molar refractivity (Wildman–Crippen MR) is 217 cm³/mol. The zero-order chi connectivity index (χ0) is 38.8. The van der Waals surface area contributed by atoms with E-state index < -0.39 is 49.5 Å². The molecule has 1 amide bonds. The van der Waals surface area contributed by atoms with Gasteiger partial charge in [-0.15, -0.1) is 0 Å². The van der Waals surface area contributed by atoms with Gasteiger partial charge in [0.1, 0.15) is 24.4 Å². The summed E-state index contributed by atoms with van der Waals surface area (Å²) in [6.07, 6.45) is 33.2. The molecule has 1 saturated heterocycles. The van der Waals surface area contributed by atoms with Crippen molar-refractivity contribution >= 4 is 5.91 Å². The second-order valence-corrected chi connectivity index (χ2v) is 15.5. The van der Waals surface area contributed by atoms with E-state index in [9.17, 15) is 30.3 Å². The monoisotopic (exact) mass is 754 g/mol. The van der Waals surface area contributed by atoms with Crippen LogP contribution in [0.2, 0.25) is 0 Å². The fourth-order valence-electron chi connectivity index (χ4n) is 6.95. The van der Waals surface area contributed by atoms with E-state index in [2.05, 4.69) is 43.5 Å². The number of carbonyl (C=O) groups is 1. The van der Waals surface area contributed by atoms with Crippen LogP contribution in [0.25, 0.3) is 0 Å². The number of unbranched alkanes of at least 4 members (excludes halogenated alkanes) is 22. The minimum absolute atomic E-state index is 0.138. The van der Waals surface area contributed by atoms with Crippen LogP contribution >= 0.6 is 0 Å². The van der Waals surface area contributed by atoms with Crippen molar-refractivity contribution < 1.29 is 39.8 Å². The minimum atomic E-state index is -1.55. The number of rotatable bonds is 36. The molecule has 0 spiro atoms. The maximum absolute atomic E-state index is 12.9.